The largest absolute Gasteiger partial charge is 0.485 e. The third kappa shape index (κ3) is 2.96. The third-order valence-electron chi connectivity index (χ3n) is 3.47. The van der Waals surface area contributed by atoms with E-state index in [4.69, 9.17) is 4.74 Å². The minimum Gasteiger partial charge on any atom is -0.485 e. The van der Waals surface area contributed by atoms with Crippen molar-refractivity contribution in [1.82, 2.24) is 25.5 Å². The summed E-state index contributed by atoms with van der Waals surface area (Å²) < 4.78 is 5.76. The first-order valence-electron chi connectivity index (χ1n) is 7.07. The molecular weight excluding hydrogens is 254 g/mol. The van der Waals surface area contributed by atoms with Crippen LogP contribution in [0.15, 0.2) is 18.2 Å². The summed E-state index contributed by atoms with van der Waals surface area (Å²) >= 11 is 0. The van der Waals surface area contributed by atoms with Crippen molar-refractivity contribution in [3.8, 4) is 5.75 Å². The Bertz CT molecular complexity index is 581. The van der Waals surface area contributed by atoms with Crippen molar-refractivity contribution in [1.29, 1.82) is 0 Å². The van der Waals surface area contributed by atoms with Crippen LogP contribution in [0.2, 0.25) is 0 Å². The Labute approximate surface area is 118 Å². The van der Waals surface area contributed by atoms with Crippen LogP contribution < -0.4 is 10.1 Å². The van der Waals surface area contributed by atoms with Crippen LogP contribution in [-0.2, 0) is 26.0 Å². The summed E-state index contributed by atoms with van der Waals surface area (Å²) in [4.78, 5) is 1.56. The third-order valence-corrected chi connectivity index (χ3v) is 3.47. The fraction of sp³-hybridized carbons (Fsp3) is 0.500. The van der Waals surface area contributed by atoms with Gasteiger partial charge in [0.2, 0.25) is 5.82 Å². The molecule has 1 aliphatic rings. The molecule has 0 atom stereocenters. The van der Waals surface area contributed by atoms with Crippen LogP contribution in [-0.4, -0.2) is 33.3 Å². The van der Waals surface area contributed by atoms with Crippen molar-refractivity contribution >= 4 is 0 Å². The van der Waals surface area contributed by atoms with Crippen molar-refractivity contribution in [2.45, 2.75) is 32.9 Å². The molecule has 3 rings (SSSR count). The second-order valence-electron chi connectivity index (χ2n) is 4.86. The first-order valence-corrected chi connectivity index (χ1v) is 7.07. The van der Waals surface area contributed by atoms with Crippen molar-refractivity contribution in [3.05, 3.63) is 35.2 Å². The van der Waals surface area contributed by atoms with Crippen LogP contribution in [0.3, 0.4) is 0 Å². The number of hydrogen-bond acceptors (Lipinski definition) is 5. The molecule has 2 aromatic rings. The van der Waals surface area contributed by atoms with E-state index in [0.29, 0.717) is 12.4 Å². The molecule has 0 spiro atoms. The zero-order valence-corrected chi connectivity index (χ0v) is 11.7. The summed E-state index contributed by atoms with van der Waals surface area (Å²) in [5.41, 5.74) is 2.79. The molecule has 2 heterocycles. The van der Waals surface area contributed by atoms with Crippen LogP contribution in [0.5, 0.6) is 5.75 Å². The maximum absolute atomic E-state index is 5.76. The number of fused-ring (bicyclic) bond motifs is 1. The number of hydrogen-bond donors (Lipinski definition) is 1. The van der Waals surface area contributed by atoms with Gasteiger partial charge in [-0.2, -0.15) is 4.80 Å². The van der Waals surface area contributed by atoms with E-state index in [9.17, 15) is 0 Å². The maximum atomic E-state index is 5.76. The van der Waals surface area contributed by atoms with Gasteiger partial charge >= 0.3 is 0 Å². The molecule has 1 aromatic heterocycles. The van der Waals surface area contributed by atoms with Gasteiger partial charge < -0.3 is 10.1 Å². The zero-order valence-electron chi connectivity index (χ0n) is 11.7. The fourth-order valence-electron chi connectivity index (χ4n) is 2.36. The lowest BCUT2D eigenvalue weighted by atomic mass is 10.0. The number of nitrogens with one attached hydrogen (secondary N) is 1. The van der Waals surface area contributed by atoms with Crippen LogP contribution in [0.25, 0.3) is 0 Å². The molecule has 0 fully saturated rings. The van der Waals surface area contributed by atoms with Crippen molar-refractivity contribution in [3.63, 3.8) is 0 Å². The predicted molar refractivity (Wildman–Crippen MR) is 74.5 cm³/mol. The van der Waals surface area contributed by atoms with Crippen molar-refractivity contribution < 1.29 is 4.74 Å². The Morgan fingerprint density at radius 1 is 1.25 bits per heavy atom. The molecule has 0 bridgehead atoms. The molecule has 0 saturated carbocycles. The summed E-state index contributed by atoms with van der Waals surface area (Å²) in [7, 11) is 0. The molecule has 6 nitrogen and oxygen atoms in total. The summed E-state index contributed by atoms with van der Waals surface area (Å²) in [5, 5.41) is 15.5. The molecule has 0 unspecified atom stereocenters. The Kier molecular flexibility index (Phi) is 3.92. The molecule has 0 radical (unpaired) electrons. The molecule has 0 aliphatic carbocycles. The van der Waals surface area contributed by atoms with Gasteiger partial charge in [0.25, 0.3) is 0 Å². The number of rotatable bonds is 4. The molecule has 0 amide bonds. The normalized spacial score (nSPS) is 14.7. The summed E-state index contributed by atoms with van der Waals surface area (Å²) in [6.45, 7) is 5.14. The van der Waals surface area contributed by atoms with Gasteiger partial charge in [0.15, 0.2) is 6.61 Å². The Hall–Kier alpha value is -1.95. The van der Waals surface area contributed by atoms with Gasteiger partial charge in [0.1, 0.15) is 5.75 Å². The van der Waals surface area contributed by atoms with E-state index in [1.165, 1.54) is 11.1 Å². The summed E-state index contributed by atoms with van der Waals surface area (Å²) in [6, 6.07) is 6.31. The number of benzene rings is 1. The second-order valence-corrected chi connectivity index (χ2v) is 4.86. The van der Waals surface area contributed by atoms with Gasteiger partial charge in [0.05, 0.1) is 6.54 Å². The monoisotopic (exact) mass is 273 g/mol. The number of aryl methyl sites for hydroxylation is 1. The lowest BCUT2D eigenvalue weighted by Crippen LogP contribution is -2.16. The van der Waals surface area contributed by atoms with Crippen LogP contribution in [0, 0.1) is 0 Å². The minimum atomic E-state index is 0.358. The van der Waals surface area contributed by atoms with E-state index in [2.05, 4.69) is 32.9 Å². The molecular formula is C14H19N5O. The molecule has 6 heteroatoms. The molecule has 1 aliphatic heterocycles. The smallest absolute Gasteiger partial charge is 0.212 e. The number of tetrazole rings is 1. The Morgan fingerprint density at radius 2 is 2.10 bits per heavy atom. The van der Waals surface area contributed by atoms with Gasteiger partial charge in [-0.3, -0.25) is 0 Å². The van der Waals surface area contributed by atoms with Crippen LogP contribution in [0.4, 0.5) is 0 Å². The van der Waals surface area contributed by atoms with Crippen molar-refractivity contribution in [2.24, 2.45) is 0 Å². The van der Waals surface area contributed by atoms with Gasteiger partial charge in [-0.05, 0) is 61.3 Å². The van der Waals surface area contributed by atoms with Crippen LogP contribution in [0.1, 0.15) is 23.9 Å². The van der Waals surface area contributed by atoms with Gasteiger partial charge in [-0.25, -0.2) is 0 Å². The standard InChI is InChI=1S/C14H19N5O/c1-2-19-17-14(16-18-19)10-20-13-4-3-11-5-7-15-8-6-12(11)9-13/h3-4,9,15H,2,5-8,10H2,1H3. The fourth-order valence-corrected chi connectivity index (χ4v) is 2.36. The van der Waals surface area contributed by atoms with E-state index < -0.39 is 0 Å². The van der Waals surface area contributed by atoms with E-state index in [1.54, 1.807) is 4.80 Å². The average molecular weight is 273 g/mol. The Morgan fingerprint density at radius 3 is 2.90 bits per heavy atom. The molecule has 1 aromatic carbocycles. The van der Waals surface area contributed by atoms with Crippen molar-refractivity contribution in [2.75, 3.05) is 13.1 Å². The minimum absolute atomic E-state index is 0.358. The van der Waals surface area contributed by atoms with E-state index in [0.717, 1.165) is 38.2 Å². The quantitative estimate of drug-likeness (QED) is 0.899. The highest BCUT2D eigenvalue weighted by Crippen LogP contribution is 2.20. The highest BCUT2D eigenvalue weighted by molar-refractivity contribution is 5.36. The lowest BCUT2D eigenvalue weighted by molar-refractivity contribution is 0.294. The maximum Gasteiger partial charge on any atom is 0.212 e. The summed E-state index contributed by atoms with van der Waals surface area (Å²) in [5.74, 6) is 1.49. The van der Waals surface area contributed by atoms with Gasteiger partial charge in [-0.15, -0.1) is 10.2 Å². The molecule has 106 valence electrons. The predicted octanol–water partition coefficient (Wildman–Crippen LogP) is 0.960. The Balaban J connectivity index is 1.67. The number of aromatic nitrogens is 4. The highest BCUT2D eigenvalue weighted by atomic mass is 16.5. The van der Waals surface area contributed by atoms with E-state index >= 15 is 0 Å². The molecule has 20 heavy (non-hydrogen) atoms. The van der Waals surface area contributed by atoms with E-state index in [-0.39, 0.29) is 0 Å². The van der Waals surface area contributed by atoms with Gasteiger partial charge in [0, 0.05) is 0 Å². The number of nitrogens with zero attached hydrogens (tertiary/aromatic N) is 4. The molecule has 0 saturated heterocycles. The first-order chi connectivity index (χ1) is 9.85. The SMILES string of the molecule is CCn1nnc(COc2ccc3c(c2)CCNCC3)n1. The first kappa shape index (κ1) is 13.1. The van der Waals surface area contributed by atoms with E-state index in [1.807, 2.05) is 13.0 Å². The van der Waals surface area contributed by atoms with Gasteiger partial charge in [-0.1, -0.05) is 6.07 Å². The van der Waals surface area contributed by atoms with Crippen LogP contribution >= 0.6 is 0 Å². The second kappa shape index (κ2) is 6.00. The average Bonchev–Trinajstić information content (AvgIpc) is 2.82. The highest BCUT2D eigenvalue weighted by Gasteiger charge is 2.09. The summed E-state index contributed by atoms with van der Waals surface area (Å²) in [6.07, 6.45) is 2.14. The molecule has 1 N–H and O–H groups in total. The lowest BCUT2D eigenvalue weighted by Gasteiger charge is -2.09. The number of ether oxygens (including phenoxy) is 1. The zero-order chi connectivity index (χ0) is 13.8. The topological polar surface area (TPSA) is 64.9 Å².